The molecule has 24 heavy (non-hydrogen) atoms. The molecule has 1 saturated carbocycles. The van der Waals surface area contributed by atoms with Crippen molar-refractivity contribution in [3.05, 3.63) is 59.4 Å². The molecule has 1 aliphatic carbocycles. The number of fused-ring (bicyclic) bond motifs is 1. The van der Waals surface area contributed by atoms with Crippen LogP contribution in [-0.2, 0) is 11.2 Å². The molecule has 1 aromatic carbocycles. The molecule has 1 aromatic heterocycles. The summed E-state index contributed by atoms with van der Waals surface area (Å²) in [5, 5.41) is 0. The second kappa shape index (κ2) is 5.74. The third kappa shape index (κ3) is 2.56. The fraction of sp³-hybridized carbons (Fsp3) is 0.316. The van der Waals surface area contributed by atoms with Gasteiger partial charge in [-0.25, -0.2) is 0 Å². The van der Waals surface area contributed by atoms with E-state index in [0.29, 0.717) is 5.56 Å². The number of amides is 2. The molecule has 4 rings (SSSR count). The molecule has 2 heterocycles. The van der Waals surface area contributed by atoms with Crippen molar-refractivity contribution < 1.29 is 9.59 Å². The van der Waals surface area contributed by atoms with Gasteiger partial charge >= 0.3 is 0 Å². The molecule has 0 bridgehead atoms. The number of carbonyl (C=O) groups is 2. The first-order valence-corrected chi connectivity index (χ1v) is 8.29. The van der Waals surface area contributed by atoms with E-state index in [-0.39, 0.29) is 17.7 Å². The maximum Gasteiger partial charge on any atom is 0.248 e. The Morgan fingerprint density at radius 2 is 2.12 bits per heavy atom. The normalized spacial score (nSPS) is 21.9. The topological polar surface area (TPSA) is 76.3 Å². The molecule has 2 N–H and O–H groups in total. The van der Waals surface area contributed by atoms with Crippen LogP contribution in [0.2, 0.25) is 0 Å². The van der Waals surface area contributed by atoms with Crippen molar-refractivity contribution in [2.75, 3.05) is 11.4 Å². The quantitative estimate of drug-likeness (QED) is 0.942. The van der Waals surface area contributed by atoms with Gasteiger partial charge in [0.25, 0.3) is 0 Å². The van der Waals surface area contributed by atoms with Crippen LogP contribution in [0.3, 0.4) is 0 Å². The van der Waals surface area contributed by atoms with E-state index in [1.54, 1.807) is 12.3 Å². The van der Waals surface area contributed by atoms with E-state index < -0.39 is 5.91 Å². The van der Waals surface area contributed by atoms with E-state index >= 15 is 0 Å². The largest absolute Gasteiger partial charge is 0.366 e. The third-order valence-corrected chi connectivity index (χ3v) is 4.97. The smallest absolute Gasteiger partial charge is 0.248 e. The Balaban J connectivity index is 1.56. The summed E-state index contributed by atoms with van der Waals surface area (Å²) in [6, 6.07) is 9.33. The van der Waals surface area contributed by atoms with Crippen molar-refractivity contribution in [2.45, 2.75) is 25.2 Å². The van der Waals surface area contributed by atoms with E-state index in [1.807, 2.05) is 35.4 Å². The summed E-state index contributed by atoms with van der Waals surface area (Å²) in [7, 11) is 0. The summed E-state index contributed by atoms with van der Waals surface area (Å²) in [5.41, 5.74) is 8.95. The molecular weight excluding hydrogens is 302 g/mol. The maximum absolute atomic E-state index is 12.9. The van der Waals surface area contributed by atoms with Gasteiger partial charge < -0.3 is 10.6 Å². The number of hydrogen-bond acceptors (Lipinski definition) is 3. The SMILES string of the molecule is NC(=O)c1ccc2c(c1)CCCN2C(=O)[C@H]1C[C@H]1c1cccnc1. The van der Waals surface area contributed by atoms with Crippen molar-refractivity contribution in [1.82, 2.24) is 4.98 Å². The van der Waals surface area contributed by atoms with Crippen molar-refractivity contribution in [3.8, 4) is 0 Å². The molecule has 1 aliphatic heterocycles. The Morgan fingerprint density at radius 3 is 2.88 bits per heavy atom. The average Bonchev–Trinajstić information content (AvgIpc) is 3.41. The monoisotopic (exact) mass is 321 g/mol. The highest BCUT2D eigenvalue weighted by molar-refractivity contribution is 5.99. The van der Waals surface area contributed by atoms with Gasteiger partial charge in [-0.1, -0.05) is 6.07 Å². The number of carbonyl (C=O) groups excluding carboxylic acids is 2. The zero-order valence-corrected chi connectivity index (χ0v) is 13.3. The zero-order chi connectivity index (χ0) is 16.7. The number of nitrogens with two attached hydrogens (primary N) is 1. The molecule has 2 aromatic rings. The zero-order valence-electron chi connectivity index (χ0n) is 13.3. The number of hydrogen-bond donors (Lipinski definition) is 1. The Kier molecular flexibility index (Phi) is 3.56. The molecule has 5 nitrogen and oxygen atoms in total. The number of aromatic nitrogens is 1. The Hall–Kier alpha value is -2.69. The van der Waals surface area contributed by atoms with Crippen LogP contribution in [0.4, 0.5) is 5.69 Å². The molecule has 0 spiro atoms. The van der Waals surface area contributed by atoms with Crippen molar-refractivity contribution in [2.24, 2.45) is 11.7 Å². The number of pyridine rings is 1. The number of rotatable bonds is 3. The lowest BCUT2D eigenvalue weighted by Gasteiger charge is -2.30. The molecule has 2 aliphatic rings. The molecule has 122 valence electrons. The van der Waals surface area contributed by atoms with E-state index in [9.17, 15) is 9.59 Å². The lowest BCUT2D eigenvalue weighted by atomic mass is 9.98. The van der Waals surface area contributed by atoms with Crippen molar-refractivity contribution in [3.63, 3.8) is 0 Å². The van der Waals surface area contributed by atoms with Gasteiger partial charge in [0.05, 0.1) is 0 Å². The number of benzene rings is 1. The van der Waals surface area contributed by atoms with Crippen LogP contribution in [0.1, 0.15) is 40.2 Å². The van der Waals surface area contributed by atoms with Crippen LogP contribution < -0.4 is 10.6 Å². The van der Waals surface area contributed by atoms with Gasteiger partial charge in [-0.2, -0.15) is 0 Å². The van der Waals surface area contributed by atoms with Crippen LogP contribution in [0.15, 0.2) is 42.7 Å². The van der Waals surface area contributed by atoms with Crippen molar-refractivity contribution in [1.29, 1.82) is 0 Å². The summed E-state index contributed by atoms with van der Waals surface area (Å²) >= 11 is 0. The van der Waals surface area contributed by atoms with E-state index in [2.05, 4.69) is 4.98 Å². The van der Waals surface area contributed by atoms with E-state index in [1.165, 1.54) is 0 Å². The van der Waals surface area contributed by atoms with Crippen LogP contribution >= 0.6 is 0 Å². The minimum absolute atomic E-state index is 0.0379. The van der Waals surface area contributed by atoms with Crippen LogP contribution in [0, 0.1) is 5.92 Å². The predicted octanol–water partition coefficient (Wildman–Crippen LogP) is 2.26. The average molecular weight is 321 g/mol. The van der Waals surface area contributed by atoms with Gasteiger partial charge in [0.1, 0.15) is 0 Å². The fourth-order valence-electron chi connectivity index (χ4n) is 3.61. The first-order valence-electron chi connectivity index (χ1n) is 8.29. The first-order chi connectivity index (χ1) is 11.6. The van der Waals surface area contributed by atoms with Gasteiger partial charge in [-0.05, 0) is 60.6 Å². The van der Waals surface area contributed by atoms with Gasteiger partial charge in [0.2, 0.25) is 11.8 Å². The van der Waals surface area contributed by atoms with Crippen LogP contribution in [0.5, 0.6) is 0 Å². The highest BCUT2D eigenvalue weighted by atomic mass is 16.2. The van der Waals surface area contributed by atoms with Crippen LogP contribution in [-0.4, -0.2) is 23.3 Å². The lowest BCUT2D eigenvalue weighted by Crippen LogP contribution is -2.37. The predicted molar refractivity (Wildman–Crippen MR) is 90.7 cm³/mol. The van der Waals surface area contributed by atoms with Crippen molar-refractivity contribution >= 4 is 17.5 Å². The summed E-state index contributed by atoms with van der Waals surface area (Å²) in [5.74, 6) is 0.0640. The molecule has 1 fully saturated rings. The number of primary amides is 1. The molecule has 5 heteroatoms. The summed E-state index contributed by atoms with van der Waals surface area (Å²) in [6.07, 6.45) is 6.26. The minimum atomic E-state index is -0.430. The molecule has 0 radical (unpaired) electrons. The lowest BCUT2D eigenvalue weighted by molar-refractivity contribution is -0.120. The molecule has 2 amide bonds. The van der Waals surface area contributed by atoms with Crippen LogP contribution in [0.25, 0.3) is 0 Å². The Morgan fingerprint density at radius 1 is 1.25 bits per heavy atom. The van der Waals surface area contributed by atoms with Gasteiger partial charge in [-0.3, -0.25) is 14.6 Å². The number of aryl methyl sites for hydroxylation is 1. The fourth-order valence-corrected chi connectivity index (χ4v) is 3.61. The summed E-state index contributed by atoms with van der Waals surface area (Å²) < 4.78 is 0. The molecule has 0 unspecified atom stereocenters. The number of anilines is 1. The van der Waals surface area contributed by atoms with E-state index in [0.717, 1.165) is 42.6 Å². The molecular formula is C19H19N3O2. The minimum Gasteiger partial charge on any atom is -0.366 e. The summed E-state index contributed by atoms with van der Waals surface area (Å²) in [6.45, 7) is 0.734. The second-order valence-electron chi connectivity index (χ2n) is 6.54. The Labute approximate surface area is 140 Å². The number of nitrogens with zero attached hydrogens (tertiary/aromatic N) is 2. The van der Waals surface area contributed by atoms with Gasteiger partial charge in [0.15, 0.2) is 0 Å². The maximum atomic E-state index is 12.9. The second-order valence-corrected chi connectivity index (χ2v) is 6.54. The van der Waals surface area contributed by atoms with Gasteiger partial charge in [0, 0.05) is 36.1 Å². The Bertz CT molecular complexity index is 804. The first kappa shape index (κ1) is 14.9. The van der Waals surface area contributed by atoms with E-state index in [4.69, 9.17) is 5.73 Å². The summed E-state index contributed by atoms with van der Waals surface area (Å²) in [4.78, 5) is 30.3. The van der Waals surface area contributed by atoms with Gasteiger partial charge in [-0.15, -0.1) is 0 Å². The molecule has 0 saturated heterocycles. The highest BCUT2D eigenvalue weighted by Gasteiger charge is 2.46. The highest BCUT2D eigenvalue weighted by Crippen LogP contribution is 2.49. The third-order valence-electron chi connectivity index (χ3n) is 4.97. The standard InChI is InChI=1S/C19H19N3O2/c20-18(23)13-5-6-17-12(9-13)4-2-8-22(17)19(24)16-10-15(16)14-3-1-7-21-11-14/h1,3,5-7,9,11,15-16H,2,4,8,10H2,(H2,20,23)/t15-,16-/m0/s1. The molecule has 2 atom stereocenters.